The highest BCUT2D eigenvalue weighted by molar-refractivity contribution is 7.89. The molecule has 0 aromatic heterocycles. The molecule has 1 amide bonds. The summed E-state index contributed by atoms with van der Waals surface area (Å²) in [6.45, 7) is 7.96. The lowest BCUT2D eigenvalue weighted by atomic mass is 9.96. The van der Waals surface area contributed by atoms with Crippen LogP contribution in [0.1, 0.15) is 56.0 Å². The number of benzene rings is 2. The van der Waals surface area contributed by atoms with E-state index in [4.69, 9.17) is 0 Å². The predicted octanol–water partition coefficient (Wildman–Crippen LogP) is 3.69. The Bertz CT molecular complexity index is 855. The van der Waals surface area contributed by atoms with Crippen molar-refractivity contribution in [2.24, 2.45) is 0 Å². The Balaban J connectivity index is 2.03. The highest BCUT2D eigenvalue weighted by Crippen LogP contribution is 2.18. The standard InChI is InChI=1S/C21H28N2O3S/c1-5-16(17-9-7-6-8-10-17)15-22-20(24)18-11-13-19(14-12-18)27(25,26)23-21(2,3)4/h6-14,16,23H,5,15H2,1-4H3,(H,22,24). The SMILES string of the molecule is CCC(CNC(=O)c1ccc(S(=O)(=O)NC(C)(C)C)cc1)c1ccccc1. The number of rotatable bonds is 7. The molecule has 0 fully saturated rings. The van der Waals surface area contributed by atoms with Gasteiger partial charge >= 0.3 is 0 Å². The van der Waals surface area contributed by atoms with Crippen LogP contribution in [0.3, 0.4) is 0 Å². The zero-order valence-corrected chi connectivity index (χ0v) is 17.1. The first-order chi connectivity index (χ1) is 12.6. The minimum absolute atomic E-state index is 0.143. The molecule has 6 heteroatoms. The first-order valence-corrected chi connectivity index (χ1v) is 10.6. The van der Waals surface area contributed by atoms with Crippen LogP contribution in [-0.4, -0.2) is 26.4 Å². The molecule has 1 unspecified atom stereocenters. The molecular formula is C21H28N2O3S. The number of nitrogens with one attached hydrogen (secondary N) is 2. The Morgan fingerprint density at radius 1 is 1.00 bits per heavy atom. The number of carbonyl (C=O) groups excluding carboxylic acids is 1. The molecule has 2 rings (SSSR count). The maximum absolute atomic E-state index is 12.4. The Kier molecular flexibility index (Phi) is 6.78. The fourth-order valence-corrected chi connectivity index (χ4v) is 4.21. The van der Waals surface area contributed by atoms with Gasteiger partial charge in [-0.25, -0.2) is 13.1 Å². The van der Waals surface area contributed by atoms with Gasteiger partial charge in [0.25, 0.3) is 5.91 Å². The summed E-state index contributed by atoms with van der Waals surface area (Å²) < 4.78 is 27.3. The number of sulfonamides is 1. The van der Waals surface area contributed by atoms with Gasteiger partial charge in [-0.05, 0) is 57.0 Å². The van der Waals surface area contributed by atoms with Gasteiger partial charge in [0.15, 0.2) is 0 Å². The first kappa shape index (κ1) is 21.1. The summed E-state index contributed by atoms with van der Waals surface area (Å²) in [6.07, 6.45) is 0.917. The topological polar surface area (TPSA) is 75.3 Å². The lowest BCUT2D eigenvalue weighted by Gasteiger charge is -2.20. The van der Waals surface area contributed by atoms with Crippen LogP contribution in [0.4, 0.5) is 0 Å². The summed E-state index contributed by atoms with van der Waals surface area (Å²) in [7, 11) is -3.61. The summed E-state index contributed by atoms with van der Waals surface area (Å²) in [5.41, 5.74) is 1.06. The van der Waals surface area contributed by atoms with Crippen molar-refractivity contribution in [2.45, 2.75) is 50.5 Å². The van der Waals surface area contributed by atoms with Crippen LogP contribution in [0, 0.1) is 0 Å². The number of carbonyl (C=O) groups is 1. The Morgan fingerprint density at radius 2 is 1.59 bits per heavy atom. The van der Waals surface area contributed by atoms with Crippen LogP contribution in [0.5, 0.6) is 0 Å². The highest BCUT2D eigenvalue weighted by atomic mass is 32.2. The molecule has 0 saturated carbocycles. The quantitative estimate of drug-likeness (QED) is 0.760. The molecule has 2 N–H and O–H groups in total. The fourth-order valence-electron chi connectivity index (χ4n) is 2.79. The fraction of sp³-hybridized carbons (Fsp3) is 0.381. The zero-order valence-electron chi connectivity index (χ0n) is 16.3. The van der Waals surface area contributed by atoms with E-state index in [2.05, 4.69) is 29.1 Å². The minimum atomic E-state index is -3.61. The molecule has 5 nitrogen and oxygen atoms in total. The average Bonchev–Trinajstić information content (AvgIpc) is 2.61. The van der Waals surface area contributed by atoms with E-state index in [1.807, 2.05) is 18.2 Å². The van der Waals surface area contributed by atoms with E-state index >= 15 is 0 Å². The van der Waals surface area contributed by atoms with Crippen LogP contribution in [-0.2, 0) is 10.0 Å². The largest absolute Gasteiger partial charge is 0.351 e. The van der Waals surface area contributed by atoms with E-state index in [0.29, 0.717) is 12.1 Å². The Morgan fingerprint density at radius 3 is 2.11 bits per heavy atom. The lowest BCUT2D eigenvalue weighted by Crippen LogP contribution is -2.40. The smallest absolute Gasteiger partial charge is 0.251 e. The second-order valence-corrected chi connectivity index (χ2v) is 9.29. The molecule has 0 aliphatic rings. The molecule has 27 heavy (non-hydrogen) atoms. The van der Waals surface area contributed by atoms with Gasteiger partial charge in [0.05, 0.1) is 4.90 Å². The zero-order chi connectivity index (χ0) is 20.1. The minimum Gasteiger partial charge on any atom is -0.351 e. The van der Waals surface area contributed by atoms with Gasteiger partial charge in [0, 0.05) is 23.6 Å². The number of hydrogen-bond donors (Lipinski definition) is 2. The van der Waals surface area contributed by atoms with Gasteiger partial charge < -0.3 is 5.32 Å². The van der Waals surface area contributed by atoms with E-state index in [0.717, 1.165) is 6.42 Å². The van der Waals surface area contributed by atoms with Crippen molar-refractivity contribution in [3.8, 4) is 0 Å². The molecule has 2 aromatic carbocycles. The molecule has 0 spiro atoms. The third-order valence-corrected chi connectivity index (χ3v) is 5.91. The van der Waals surface area contributed by atoms with Gasteiger partial charge in [-0.1, -0.05) is 37.3 Å². The second-order valence-electron chi connectivity index (χ2n) is 7.61. The maximum Gasteiger partial charge on any atom is 0.251 e. The molecule has 0 aliphatic carbocycles. The first-order valence-electron chi connectivity index (χ1n) is 9.09. The summed E-state index contributed by atoms with van der Waals surface area (Å²) in [4.78, 5) is 12.6. The third-order valence-electron chi connectivity index (χ3n) is 4.14. The maximum atomic E-state index is 12.4. The number of amides is 1. The molecule has 0 saturated heterocycles. The van der Waals surface area contributed by atoms with E-state index in [1.165, 1.54) is 29.8 Å². The van der Waals surface area contributed by atoms with Crippen molar-refractivity contribution in [3.05, 3.63) is 65.7 Å². The van der Waals surface area contributed by atoms with Crippen LogP contribution in [0.15, 0.2) is 59.5 Å². The van der Waals surface area contributed by atoms with Crippen molar-refractivity contribution in [3.63, 3.8) is 0 Å². The monoisotopic (exact) mass is 388 g/mol. The molecule has 0 heterocycles. The number of hydrogen-bond acceptors (Lipinski definition) is 3. The Hall–Kier alpha value is -2.18. The van der Waals surface area contributed by atoms with Crippen LogP contribution in [0.25, 0.3) is 0 Å². The van der Waals surface area contributed by atoms with Crippen molar-refractivity contribution >= 4 is 15.9 Å². The van der Waals surface area contributed by atoms with Gasteiger partial charge in [0.1, 0.15) is 0 Å². The molecule has 146 valence electrons. The average molecular weight is 389 g/mol. The van der Waals surface area contributed by atoms with E-state index < -0.39 is 15.6 Å². The second kappa shape index (κ2) is 8.67. The normalized spacial score (nSPS) is 13.2. The van der Waals surface area contributed by atoms with Crippen molar-refractivity contribution in [2.75, 3.05) is 6.54 Å². The molecular weight excluding hydrogens is 360 g/mol. The molecule has 2 aromatic rings. The van der Waals surface area contributed by atoms with E-state index in [9.17, 15) is 13.2 Å². The van der Waals surface area contributed by atoms with Crippen LogP contribution >= 0.6 is 0 Å². The molecule has 0 bridgehead atoms. The van der Waals surface area contributed by atoms with Crippen molar-refractivity contribution < 1.29 is 13.2 Å². The summed E-state index contributed by atoms with van der Waals surface area (Å²) in [5.74, 6) is 0.0305. The molecule has 1 atom stereocenters. The summed E-state index contributed by atoms with van der Waals surface area (Å²) in [5, 5.41) is 2.94. The summed E-state index contributed by atoms with van der Waals surface area (Å²) >= 11 is 0. The lowest BCUT2D eigenvalue weighted by molar-refractivity contribution is 0.0951. The van der Waals surface area contributed by atoms with E-state index in [1.54, 1.807) is 20.8 Å². The van der Waals surface area contributed by atoms with Gasteiger partial charge in [-0.2, -0.15) is 0 Å². The van der Waals surface area contributed by atoms with Gasteiger partial charge in [-0.15, -0.1) is 0 Å². The van der Waals surface area contributed by atoms with Crippen molar-refractivity contribution in [1.82, 2.24) is 10.0 Å². The highest BCUT2D eigenvalue weighted by Gasteiger charge is 2.22. The van der Waals surface area contributed by atoms with Crippen molar-refractivity contribution in [1.29, 1.82) is 0 Å². The summed E-state index contributed by atoms with van der Waals surface area (Å²) in [6, 6.07) is 16.1. The Labute approximate surface area is 162 Å². The van der Waals surface area contributed by atoms with Gasteiger partial charge in [-0.3, -0.25) is 4.79 Å². The van der Waals surface area contributed by atoms with Crippen LogP contribution in [0.2, 0.25) is 0 Å². The predicted molar refractivity (Wildman–Crippen MR) is 108 cm³/mol. The van der Waals surface area contributed by atoms with E-state index in [-0.39, 0.29) is 16.7 Å². The van der Waals surface area contributed by atoms with Crippen LogP contribution < -0.4 is 10.0 Å². The third kappa shape index (κ3) is 6.19. The molecule has 0 aliphatic heterocycles. The molecule has 0 radical (unpaired) electrons. The van der Waals surface area contributed by atoms with Gasteiger partial charge in [0.2, 0.25) is 10.0 Å².